The number of methoxy groups -OCH3 is 1. The van der Waals surface area contributed by atoms with E-state index < -0.39 is 0 Å². The maximum atomic E-state index is 10.8. The Morgan fingerprint density at radius 3 is 2.27 bits per heavy atom. The van der Waals surface area contributed by atoms with E-state index in [9.17, 15) is 5.11 Å². The Kier molecular flexibility index (Phi) is 5.55. The van der Waals surface area contributed by atoms with Gasteiger partial charge in [0, 0.05) is 12.0 Å². The molecule has 0 unspecified atom stereocenters. The molecular formula is C23H28O3. The summed E-state index contributed by atoms with van der Waals surface area (Å²) in [6.45, 7) is 6.36. The molecule has 1 N–H and O–H groups in total. The van der Waals surface area contributed by atoms with E-state index >= 15 is 0 Å². The second-order valence-corrected chi connectivity index (χ2v) is 6.92. The van der Waals surface area contributed by atoms with Crippen LogP contribution in [-0.4, -0.2) is 12.2 Å². The fourth-order valence-electron chi connectivity index (χ4n) is 3.59. The summed E-state index contributed by atoms with van der Waals surface area (Å²) in [4.78, 5) is 0. The smallest absolute Gasteiger partial charge is 0.141 e. The quantitative estimate of drug-likeness (QED) is 0.571. The van der Waals surface area contributed by atoms with E-state index in [0.717, 1.165) is 59.3 Å². The molecule has 138 valence electrons. The topological polar surface area (TPSA) is 42.6 Å². The van der Waals surface area contributed by atoms with Crippen molar-refractivity contribution < 1.29 is 14.3 Å². The van der Waals surface area contributed by atoms with E-state index in [1.165, 1.54) is 11.1 Å². The highest BCUT2D eigenvalue weighted by molar-refractivity contribution is 5.92. The Morgan fingerprint density at radius 2 is 1.65 bits per heavy atom. The molecule has 0 fully saturated rings. The normalized spacial score (nSPS) is 11.2. The Morgan fingerprint density at radius 1 is 1.00 bits per heavy atom. The lowest BCUT2D eigenvalue weighted by atomic mass is 9.97. The summed E-state index contributed by atoms with van der Waals surface area (Å²) in [7, 11) is 1.67. The standard InChI is InChI=1S/C23H28O3/c1-5-7-17-14-18(8-6-2)23-21(22(17)24)15(3)20(26-23)13-16-9-11-19(25-4)12-10-16/h9-12,14,24H,5-8,13H2,1-4H3. The highest BCUT2D eigenvalue weighted by Crippen LogP contribution is 2.39. The number of hydrogen-bond donors (Lipinski definition) is 1. The lowest BCUT2D eigenvalue weighted by Crippen LogP contribution is -1.92. The zero-order chi connectivity index (χ0) is 18.7. The summed E-state index contributed by atoms with van der Waals surface area (Å²) < 4.78 is 11.5. The Balaban J connectivity index is 2.07. The minimum atomic E-state index is 0.393. The Bertz CT molecular complexity index is 888. The number of benzene rings is 2. The van der Waals surface area contributed by atoms with Crippen LogP contribution < -0.4 is 4.74 Å². The average Bonchev–Trinajstić information content (AvgIpc) is 2.97. The van der Waals surface area contributed by atoms with Gasteiger partial charge in [0.25, 0.3) is 0 Å². The summed E-state index contributed by atoms with van der Waals surface area (Å²) in [5.74, 6) is 2.16. The van der Waals surface area contributed by atoms with Gasteiger partial charge in [0.2, 0.25) is 0 Å². The van der Waals surface area contributed by atoms with Crippen LogP contribution in [0.25, 0.3) is 11.0 Å². The summed E-state index contributed by atoms with van der Waals surface area (Å²) in [5, 5.41) is 11.7. The summed E-state index contributed by atoms with van der Waals surface area (Å²) >= 11 is 0. The van der Waals surface area contributed by atoms with Crippen molar-refractivity contribution in [3.8, 4) is 11.5 Å². The van der Waals surface area contributed by atoms with Crippen molar-refractivity contribution in [2.75, 3.05) is 7.11 Å². The molecule has 3 rings (SSSR count). The number of rotatable bonds is 7. The van der Waals surface area contributed by atoms with Crippen molar-refractivity contribution in [3.05, 3.63) is 58.3 Å². The second kappa shape index (κ2) is 7.86. The lowest BCUT2D eigenvalue weighted by molar-refractivity contribution is 0.414. The molecule has 2 aromatic carbocycles. The average molecular weight is 352 g/mol. The van der Waals surface area contributed by atoms with E-state index in [0.29, 0.717) is 12.2 Å². The number of aromatic hydroxyl groups is 1. The molecule has 1 heterocycles. The fourth-order valence-corrected chi connectivity index (χ4v) is 3.59. The van der Waals surface area contributed by atoms with Crippen molar-refractivity contribution in [2.24, 2.45) is 0 Å². The van der Waals surface area contributed by atoms with E-state index in [1.807, 2.05) is 12.1 Å². The first-order valence-electron chi connectivity index (χ1n) is 9.47. The van der Waals surface area contributed by atoms with Crippen LogP contribution in [0.4, 0.5) is 0 Å². The van der Waals surface area contributed by atoms with Crippen LogP contribution in [0.3, 0.4) is 0 Å². The maximum absolute atomic E-state index is 10.8. The minimum absolute atomic E-state index is 0.393. The highest BCUT2D eigenvalue weighted by atomic mass is 16.5. The van der Waals surface area contributed by atoms with Crippen molar-refractivity contribution in [2.45, 2.75) is 52.9 Å². The predicted molar refractivity (Wildman–Crippen MR) is 106 cm³/mol. The molecule has 0 radical (unpaired) electrons. The molecule has 26 heavy (non-hydrogen) atoms. The molecule has 3 heteroatoms. The molecule has 0 saturated heterocycles. The zero-order valence-electron chi connectivity index (χ0n) is 16.2. The summed E-state index contributed by atoms with van der Waals surface area (Å²) in [6, 6.07) is 10.2. The first-order valence-corrected chi connectivity index (χ1v) is 9.47. The second-order valence-electron chi connectivity index (χ2n) is 6.92. The van der Waals surface area contributed by atoms with Crippen LogP contribution in [0.15, 0.2) is 34.7 Å². The third-order valence-electron chi connectivity index (χ3n) is 4.99. The van der Waals surface area contributed by atoms with Crippen LogP contribution in [0, 0.1) is 6.92 Å². The van der Waals surface area contributed by atoms with Crippen LogP contribution in [0.5, 0.6) is 11.5 Å². The predicted octanol–water partition coefficient (Wildman–Crippen LogP) is 5.95. The lowest BCUT2D eigenvalue weighted by Gasteiger charge is -2.09. The molecule has 3 nitrogen and oxygen atoms in total. The number of aryl methyl sites for hydroxylation is 3. The van der Waals surface area contributed by atoms with Gasteiger partial charge in [-0.3, -0.25) is 0 Å². The largest absolute Gasteiger partial charge is 0.507 e. The molecule has 0 amide bonds. The van der Waals surface area contributed by atoms with Gasteiger partial charge in [0.1, 0.15) is 22.8 Å². The van der Waals surface area contributed by atoms with Crippen LogP contribution in [0.2, 0.25) is 0 Å². The van der Waals surface area contributed by atoms with E-state index in [1.54, 1.807) is 7.11 Å². The van der Waals surface area contributed by atoms with Crippen LogP contribution in [0.1, 0.15) is 54.7 Å². The van der Waals surface area contributed by atoms with Crippen molar-refractivity contribution in [3.63, 3.8) is 0 Å². The molecule has 0 aliphatic carbocycles. The first-order chi connectivity index (χ1) is 12.6. The van der Waals surface area contributed by atoms with E-state index in [4.69, 9.17) is 9.15 Å². The molecular weight excluding hydrogens is 324 g/mol. The molecule has 0 spiro atoms. The number of phenolic OH excluding ortho intramolecular Hbond substituents is 1. The van der Waals surface area contributed by atoms with Crippen molar-refractivity contribution >= 4 is 11.0 Å². The molecule has 0 atom stereocenters. The molecule has 0 saturated carbocycles. The van der Waals surface area contributed by atoms with Gasteiger partial charge in [-0.05, 0) is 54.7 Å². The van der Waals surface area contributed by atoms with Gasteiger partial charge in [0.05, 0.1) is 12.5 Å². The SMILES string of the molecule is CCCc1cc(CCC)c2oc(Cc3ccc(OC)cc3)c(C)c2c1O. The maximum Gasteiger partial charge on any atom is 0.141 e. The third-order valence-corrected chi connectivity index (χ3v) is 4.99. The van der Waals surface area contributed by atoms with Gasteiger partial charge >= 0.3 is 0 Å². The van der Waals surface area contributed by atoms with Crippen molar-refractivity contribution in [1.82, 2.24) is 0 Å². The third kappa shape index (κ3) is 3.44. The minimum Gasteiger partial charge on any atom is -0.507 e. The Hall–Kier alpha value is -2.42. The number of fused-ring (bicyclic) bond motifs is 1. The van der Waals surface area contributed by atoms with Crippen molar-refractivity contribution in [1.29, 1.82) is 0 Å². The van der Waals surface area contributed by atoms with Gasteiger partial charge < -0.3 is 14.3 Å². The monoisotopic (exact) mass is 352 g/mol. The van der Waals surface area contributed by atoms with E-state index in [2.05, 4.69) is 39.0 Å². The van der Waals surface area contributed by atoms with Crippen LogP contribution in [-0.2, 0) is 19.3 Å². The van der Waals surface area contributed by atoms with Gasteiger partial charge in [-0.25, -0.2) is 0 Å². The number of phenols is 1. The summed E-state index contributed by atoms with van der Waals surface area (Å²) in [5.41, 5.74) is 5.29. The van der Waals surface area contributed by atoms with Gasteiger partial charge in [-0.15, -0.1) is 0 Å². The molecule has 0 aliphatic rings. The molecule has 0 aliphatic heterocycles. The number of hydrogen-bond acceptors (Lipinski definition) is 3. The molecule has 3 aromatic rings. The number of ether oxygens (including phenoxy) is 1. The van der Waals surface area contributed by atoms with E-state index in [-0.39, 0.29) is 0 Å². The molecule has 0 bridgehead atoms. The Labute approximate surface area is 155 Å². The fraction of sp³-hybridized carbons (Fsp3) is 0.391. The van der Waals surface area contributed by atoms with Gasteiger partial charge in [-0.1, -0.05) is 38.8 Å². The summed E-state index contributed by atoms with van der Waals surface area (Å²) in [6.07, 6.45) is 4.62. The van der Waals surface area contributed by atoms with Crippen LogP contribution >= 0.6 is 0 Å². The molecule has 1 aromatic heterocycles. The van der Waals surface area contributed by atoms with Gasteiger partial charge in [0.15, 0.2) is 0 Å². The van der Waals surface area contributed by atoms with Gasteiger partial charge in [-0.2, -0.15) is 0 Å². The number of furan rings is 1. The zero-order valence-corrected chi connectivity index (χ0v) is 16.2. The first kappa shape index (κ1) is 18.4. The highest BCUT2D eigenvalue weighted by Gasteiger charge is 2.20.